The van der Waals surface area contributed by atoms with E-state index < -0.39 is 0 Å². The van der Waals surface area contributed by atoms with E-state index in [0.717, 1.165) is 51.6 Å². The van der Waals surface area contributed by atoms with Gasteiger partial charge >= 0.3 is 0 Å². The summed E-state index contributed by atoms with van der Waals surface area (Å²) in [4.78, 5) is 23.4. The molecule has 8 nitrogen and oxygen atoms in total. The third-order valence-corrected chi connectivity index (χ3v) is 6.23. The van der Waals surface area contributed by atoms with Crippen LogP contribution in [0.15, 0.2) is 29.3 Å². The molecule has 2 aliphatic rings. The molecule has 1 aromatic rings. The fourth-order valence-electron chi connectivity index (χ4n) is 4.11. The molecule has 2 fully saturated rings. The van der Waals surface area contributed by atoms with Crippen molar-refractivity contribution >= 4 is 41.5 Å². The fraction of sp³-hybridized carbons (Fsp3) is 0.652. The Kier molecular flexibility index (Phi) is 11.1. The molecule has 0 unspecified atom stereocenters. The zero-order chi connectivity index (χ0) is 23.0. The highest BCUT2D eigenvalue weighted by atomic mass is 127. The molecular weight excluding hydrogens is 538 g/mol. The summed E-state index contributed by atoms with van der Waals surface area (Å²) in [5.41, 5.74) is 0.983. The van der Waals surface area contributed by atoms with Gasteiger partial charge in [0.2, 0.25) is 5.91 Å². The van der Waals surface area contributed by atoms with E-state index >= 15 is 0 Å². The molecule has 1 aromatic carbocycles. The molecule has 33 heavy (non-hydrogen) atoms. The molecule has 2 N–H and O–H groups in total. The summed E-state index contributed by atoms with van der Waals surface area (Å²) < 4.78 is 18.6. The first kappa shape index (κ1) is 27.6. The van der Waals surface area contributed by atoms with Crippen molar-refractivity contribution in [3.05, 3.63) is 30.1 Å². The lowest BCUT2D eigenvalue weighted by Gasteiger charge is -2.41. The number of hydrogen-bond acceptors (Lipinski definition) is 5. The number of nitrogens with one attached hydrogen (secondary N) is 2. The number of aliphatic imine (C=N–C) groups is 1. The van der Waals surface area contributed by atoms with Crippen molar-refractivity contribution in [3.63, 3.8) is 0 Å². The molecule has 10 heteroatoms. The summed E-state index contributed by atoms with van der Waals surface area (Å²) in [7, 11) is 1.74. The minimum absolute atomic E-state index is 0. The first-order valence-electron chi connectivity index (χ1n) is 11.4. The molecule has 2 aliphatic heterocycles. The van der Waals surface area contributed by atoms with Crippen molar-refractivity contribution in [1.82, 2.24) is 20.4 Å². The maximum atomic E-state index is 13.1. The number of benzene rings is 1. The van der Waals surface area contributed by atoms with Gasteiger partial charge in [-0.25, -0.2) is 4.39 Å². The highest BCUT2D eigenvalue weighted by molar-refractivity contribution is 14.0. The molecular formula is C23H38FIN6O2. The lowest BCUT2D eigenvalue weighted by Crippen LogP contribution is -2.56. The van der Waals surface area contributed by atoms with Crippen molar-refractivity contribution in [2.24, 2.45) is 4.99 Å². The van der Waals surface area contributed by atoms with Crippen LogP contribution in [0.25, 0.3) is 0 Å². The number of rotatable bonds is 7. The number of ether oxygens (including phenoxy) is 1. The van der Waals surface area contributed by atoms with Crippen LogP contribution in [0.5, 0.6) is 0 Å². The standard InChI is InChI=1S/C23H37FN6O2.HI/c1-23(2,30-14-16-32-17-15-30)18-27-22(25-3)26-9-8-21(31)29-12-10-28(11-13-29)20-6-4-19(24)5-7-20;/h4-7H,8-18H2,1-3H3,(H2,25,26,27);1H. The van der Waals surface area contributed by atoms with Gasteiger partial charge in [-0.15, -0.1) is 24.0 Å². The van der Waals surface area contributed by atoms with Crippen LogP contribution in [0.2, 0.25) is 0 Å². The summed E-state index contributed by atoms with van der Waals surface area (Å²) >= 11 is 0. The van der Waals surface area contributed by atoms with Crippen LogP contribution in [0.4, 0.5) is 10.1 Å². The van der Waals surface area contributed by atoms with Gasteiger partial charge in [-0.1, -0.05) is 0 Å². The van der Waals surface area contributed by atoms with Gasteiger partial charge < -0.3 is 25.2 Å². The van der Waals surface area contributed by atoms with Gasteiger partial charge in [-0.05, 0) is 38.1 Å². The largest absolute Gasteiger partial charge is 0.379 e. The fourth-order valence-corrected chi connectivity index (χ4v) is 4.11. The minimum Gasteiger partial charge on any atom is -0.379 e. The number of halogens is 2. The van der Waals surface area contributed by atoms with Gasteiger partial charge in [0.15, 0.2) is 5.96 Å². The SMILES string of the molecule is CN=C(NCCC(=O)N1CCN(c2ccc(F)cc2)CC1)NCC(C)(C)N1CCOCC1.I. The Balaban J connectivity index is 0.00000385. The zero-order valence-corrected chi connectivity index (χ0v) is 22.3. The Hall–Kier alpha value is -1.66. The molecule has 0 radical (unpaired) electrons. The number of amides is 1. The van der Waals surface area contributed by atoms with Gasteiger partial charge in [-0.2, -0.15) is 0 Å². The van der Waals surface area contributed by atoms with Crippen LogP contribution >= 0.6 is 24.0 Å². The normalized spacial score (nSPS) is 18.0. The van der Waals surface area contributed by atoms with E-state index in [1.807, 2.05) is 4.90 Å². The summed E-state index contributed by atoms with van der Waals surface area (Å²) in [5, 5.41) is 6.64. The monoisotopic (exact) mass is 576 g/mol. The Morgan fingerprint density at radius 3 is 2.30 bits per heavy atom. The van der Waals surface area contributed by atoms with Crippen LogP contribution in [-0.4, -0.2) is 99.8 Å². The van der Waals surface area contributed by atoms with Crippen molar-refractivity contribution in [2.75, 3.05) is 77.5 Å². The Labute approximate surface area is 213 Å². The first-order valence-corrected chi connectivity index (χ1v) is 11.4. The molecule has 0 spiro atoms. The second-order valence-corrected chi connectivity index (χ2v) is 8.86. The molecule has 1 amide bonds. The first-order chi connectivity index (χ1) is 15.4. The summed E-state index contributed by atoms with van der Waals surface area (Å²) in [6, 6.07) is 6.52. The van der Waals surface area contributed by atoms with Crippen molar-refractivity contribution in [1.29, 1.82) is 0 Å². The van der Waals surface area contributed by atoms with E-state index in [2.05, 4.69) is 39.3 Å². The molecule has 0 bridgehead atoms. The second kappa shape index (κ2) is 13.3. The van der Waals surface area contributed by atoms with Gasteiger partial charge in [-0.3, -0.25) is 14.7 Å². The van der Waals surface area contributed by atoms with Crippen LogP contribution in [0, 0.1) is 5.82 Å². The topological polar surface area (TPSA) is 72.4 Å². The Bertz CT molecular complexity index is 763. The maximum absolute atomic E-state index is 13.1. The molecule has 186 valence electrons. The van der Waals surface area contributed by atoms with E-state index in [9.17, 15) is 9.18 Å². The van der Waals surface area contributed by atoms with E-state index in [4.69, 9.17) is 4.74 Å². The minimum atomic E-state index is -0.232. The molecule has 0 aliphatic carbocycles. The van der Waals surface area contributed by atoms with E-state index in [1.54, 1.807) is 19.2 Å². The number of carbonyl (C=O) groups is 1. The third kappa shape index (κ3) is 8.25. The van der Waals surface area contributed by atoms with Crippen LogP contribution < -0.4 is 15.5 Å². The Morgan fingerprint density at radius 2 is 1.70 bits per heavy atom. The molecule has 3 rings (SSSR count). The summed E-state index contributed by atoms with van der Waals surface area (Å²) in [5.74, 6) is 0.616. The molecule has 2 heterocycles. The number of anilines is 1. The van der Waals surface area contributed by atoms with E-state index in [1.165, 1.54) is 12.1 Å². The van der Waals surface area contributed by atoms with E-state index in [0.29, 0.717) is 32.0 Å². The van der Waals surface area contributed by atoms with Crippen LogP contribution in [0.3, 0.4) is 0 Å². The third-order valence-electron chi connectivity index (χ3n) is 6.23. The molecule has 2 saturated heterocycles. The quantitative estimate of drug-likeness (QED) is 0.293. The average Bonchev–Trinajstić information content (AvgIpc) is 2.82. The number of carbonyl (C=O) groups excluding carboxylic acids is 1. The van der Waals surface area contributed by atoms with Gasteiger partial charge in [0.25, 0.3) is 0 Å². The highest BCUT2D eigenvalue weighted by Crippen LogP contribution is 2.17. The number of hydrogen-bond donors (Lipinski definition) is 2. The van der Waals surface area contributed by atoms with Crippen LogP contribution in [-0.2, 0) is 9.53 Å². The highest BCUT2D eigenvalue weighted by Gasteiger charge is 2.28. The number of morpholine rings is 1. The van der Waals surface area contributed by atoms with Gasteiger partial charge in [0.1, 0.15) is 5.82 Å². The van der Waals surface area contributed by atoms with Gasteiger partial charge in [0.05, 0.1) is 13.2 Å². The predicted molar refractivity (Wildman–Crippen MR) is 141 cm³/mol. The number of piperazine rings is 1. The zero-order valence-electron chi connectivity index (χ0n) is 20.0. The van der Waals surface area contributed by atoms with Crippen LogP contribution in [0.1, 0.15) is 20.3 Å². The lowest BCUT2D eigenvalue weighted by molar-refractivity contribution is -0.131. The molecule has 0 atom stereocenters. The smallest absolute Gasteiger partial charge is 0.224 e. The molecule has 0 aromatic heterocycles. The van der Waals surface area contributed by atoms with Gasteiger partial charge in [0, 0.05) is 77.1 Å². The maximum Gasteiger partial charge on any atom is 0.224 e. The number of nitrogens with zero attached hydrogens (tertiary/aromatic N) is 4. The number of guanidine groups is 1. The Morgan fingerprint density at radius 1 is 1.06 bits per heavy atom. The second-order valence-electron chi connectivity index (χ2n) is 8.86. The summed E-state index contributed by atoms with van der Waals surface area (Å²) in [6.45, 7) is 12.0. The average molecular weight is 576 g/mol. The summed E-state index contributed by atoms with van der Waals surface area (Å²) in [6.07, 6.45) is 0.421. The molecule has 0 saturated carbocycles. The van der Waals surface area contributed by atoms with Crippen molar-refractivity contribution in [2.45, 2.75) is 25.8 Å². The predicted octanol–water partition coefficient (Wildman–Crippen LogP) is 1.76. The van der Waals surface area contributed by atoms with E-state index in [-0.39, 0.29) is 41.2 Å². The van der Waals surface area contributed by atoms with Crippen molar-refractivity contribution in [3.8, 4) is 0 Å². The lowest BCUT2D eigenvalue weighted by atomic mass is 10.0. The van der Waals surface area contributed by atoms with Crippen molar-refractivity contribution < 1.29 is 13.9 Å².